The molecule has 1 aliphatic rings. The van der Waals surface area contributed by atoms with E-state index in [1.54, 1.807) is 19.9 Å². The zero-order valence-electron chi connectivity index (χ0n) is 17.4. The molecule has 0 saturated carbocycles. The van der Waals surface area contributed by atoms with Gasteiger partial charge in [0.2, 0.25) is 0 Å². The van der Waals surface area contributed by atoms with Gasteiger partial charge >= 0.3 is 0 Å². The predicted molar refractivity (Wildman–Crippen MR) is 108 cm³/mol. The fourth-order valence-corrected chi connectivity index (χ4v) is 3.00. The van der Waals surface area contributed by atoms with Crippen molar-refractivity contribution in [1.29, 1.82) is 0 Å². The van der Waals surface area contributed by atoms with Gasteiger partial charge in [-0.25, -0.2) is 0 Å². The van der Waals surface area contributed by atoms with Gasteiger partial charge in [0.15, 0.2) is 6.29 Å². The summed E-state index contributed by atoms with van der Waals surface area (Å²) in [5.41, 5.74) is 0.272. The van der Waals surface area contributed by atoms with E-state index < -0.39 is 55.1 Å². The van der Waals surface area contributed by atoms with Crippen LogP contribution in [0.3, 0.4) is 0 Å². The molecule has 1 rings (SSSR count). The Bertz CT molecular complexity index is 571. The lowest BCUT2D eigenvalue weighted by atomic mass is 9.95. The maximum Gasteiger partial charge on any atom is 0.187 e. The second-order valence-corrected chi connectivity index (χ2v) is 8.05. The van der Waals surface area contributed by atoms with Crippen LogP contribution in [0.15, 0.2) is 36.5 Å². The Kier molecular flexibility index (Phi) is 10.1. The molecule has 168 valence electrons. The van der Waals surface area contributed by atoms with Crippen LogP contribution in [0.5, 0.6) is 0 Å². The Morgan fingerprint density at radius 2 is 1.83 bits per heavy atom. The molecule has 0 aliphatic carbocycles. The molecule has 0 radical (unpaired) electrons. The first kappa shape index (κ1) is 25.9. The molecule has 0 aromatic rings. The van der Waals surface area contributed by atoms with E-state index in [2.05, 4.69) is 13.2 Å². The summed E-state index contributed by atoms with van der Waals surface area (Å²) < 4.78 is 11.2. The topological polar surface area (TPSA) is 140 Å². The van der Waals surface area contributed by atoms with Crippen LogP contribution in [0.1, 0.15) is 40.0 Å². The molecule has 0 aromatic heterocycles. The van der Waals surface area contributed by atoms with Crippen LogP contribution in [0.4, 0.5) is 0 Å². The fourth-order valence-electron chi connectivity index (χ4n) is 3.00. The first-order valence-corrected chi connectivity index (χ1v) is 9.74. The molecule has 0 amide bonds. The second kappa shape index (κ2) is 11.3. The van der Waals surface area contributed by atoms with E-state index in [4.69, 9.17) is 9.47 Å². The van der Waals surface area contributed by atoms with Crippen LogP contribution in [-0.4, -0.2) is 85.8 Å². The summed E-state index contributed by atoms with van der Waals surface area (Å²) in [5, 5.41) is 59.7. The molecular formula is C21H36O8. The molecule has 8 heteroatoms. The van der Waals surface area contributed by atoms with E-state index in [0.29, 0.717) is 18.4 Å². The van der Waals surface area contributed by atoms with E-state index in [1.165, 1.54) is 6.08 Å². The van der Waals surface area contributed by atoms with Crippen molar-refractivity contribution in [3.05, 3.63) is 36.5 Å². The highest BCUT2D eigenvalue weighted by Crippen LogP contribution is 2.27. The van der Waals surface area contributed by atoms with Gasteiger partial charge in [0.25, 0.3) is 0 Å². The van der Waals surface area contributed by atoms with Crippen LogP contribution in [0, 0.1) is 0 Å². The number of aliphatic hydroxyl groups is 6. The van der Waals surface area contributed by atoms with Crippen LogP contribution in [0.2, 0.25) is 0 Å². The maximum atomic E-state index is 10.4. The molecule has 6 N–H and O–H groups in total. The molecule has 1 aliphatic heterocycles. The van der Waals surface area contributed by atoms with Crippen molar-refractivity contribution in [2.24, 2.45) is 0 Å². The lowest BCUT2D eigenvalue weighted by Gasteiger charge is -2.41. The zero-order chi connectivity index (χ0) is 22.4. The van der Waals surface area contributed by atoms with E-state index in [0.717, 1.165) is 5.57 Å². The second-order valence-electron chi connectivity index (χ2n) is 8.05. The first-order valence-electron chi connectivity index (χ1n) is 9.74. The molecular weight excluding hydrogens is 380 g/mol. The monoisotopic (exact) mass is 416 g/mol. The molecule has 1 saturated heterocycles. The minimum atomic E-state index is -1.55. The molecule has 0 bridgehead atoms. The summed E-state index contributed by atoms with van der Waals surface area (Å²) in [6.45, 7) is 11.9. The predicted octanol–water partition coefficient (Wildman–Crippen LogP) is 0.162. The summed E-state index contributed by atoms with van der Waals surface area (Å²) >= 11 is 0. The van der Waals surface area contributed by atoms with Gasteiger partial charge in [0, 0.05) is 6.42 Å². The zero-order valence-corrected chi connectivity index (χ0v) is 17.4. The SMILES string of the molecule is C=C[C@@](C)(O)C[C@@H](/C=C(\C)CC[C@@H](O)C(=C)C)O[C@@H]1O[C@H](CO)[C@@H](O)[C@H](O)[C@H]1O. The van der Waals surface area contributed by atoms with Gasteiger partial charge in [0.05, 0.1) is 24.4 Å². The normalized spacial score (nSPS) is 32.3. The quantitative estimate of drug-likeness (QED) is 0.262. The third kappa shape index (κ3) is 7.92. The van der Waals surface area contributed by atoms with Gasteiger partial charge in [0.1, 0.15) is 24.4 Å². The standard InChI is InChI=1S/C21H36O8/c1-6-21(5,27)10-14(9-13(4)7-8-15(23)12(2)3)28-20-19(26)18(25)17(24)16(11-22)29-20/h6,9,14-20,22-27H,1-2,7-8,10-11H2,3-5H3/b13-9+/t14-,15-,16-,17-,18+,19-,20-,21-/m1/s1. The minimum Gasteiger partial charge on any atom is -0.394 e. The fraction of sp³-hybridized carbons (Fsp3) is 0.714. The largest absolute Gasteiger partial charge is 0.394 e. The van der Waals surface area contributed by atoms with Gasteiger partial charge in [-0.1, -0.05) is 29.9 Å². The summed E-state index contributed by atoms with van der Waals surface area (Å²) in [6.07, 6.45) is -4.11. The van der Waals surface area contributed by atoms with Crippen molar-refractivity contribution in [3.63, 3.8) is 0 Å². The molecule has 1 heterocycles. The highest BCUT2D eigenvalue weighted by atomic mass is 16.7. The maximum absolute atomic E-state index is 10.4. The number of ether oxygens (including phenoxy) is 2. The van der Waals surface area contributed by atoms with E-state index in [-0.39, 0.29) is 6.42 Å². The number of hydrogen-bond donors (Lipinski definition) is 6. The Balaban J connectivity index is 2.95. The van der Waals surface area contributed by atoms with Gasteiger partial charge in [-0.05, 0) is 33.6 Å². The van der Waals surface area contributed by atoms with Crippen molar-refractivity contribution in [2.45, 2.75) is 88.5 Å². The van der Waals surface area contributed by atoms with Crippen molar-refractivity contribution in [3.8, 4) is 0 Å². The minimum absolute atomic E-state index is 0.0892. The summed E-state index contributed by atoms with van der Waals surface area (Å²) in [6, 6.07) is 0. The van der Waals surface area contributed by atoms with E-state index in [1.807, 2.05) is 6.92 Å². The number of rotatable bonds is 11. The average molecular weight is 417 g/mol. The number of allylic oxidation sites excluding steroid dienone is 1. The average Bonchev–Trinajstić information content (AvgIpc) is 2.65. The Morgan fingerprint density at radius 3 is 2.34 bits per heavy atom. The summed E-state index contributed by atoms with van der Waals surface area (Å²) in [7, 11) is 0. The highest BCUT2D eigenvalue weighted by molar-refractivity contribution is 5.08. The van der Waals surface area contributed by atoms with Gasteiger partial charge in [-0.3, -0.25) is 0 Å². The lowest BCUT2D eigenvalue weighted by molar-refractivity contribution is -0.309. The molecule has 8 nitrogen and oxygen atoms in total. The molecule has 0 aromatic carbocycles. The first-order chi connectivity index (χ1) is 13.4. The third-order valence-corrected chi connectivity index (χ3v) is 5.06. The van der Waals surface area contributed by atoms with Gasteiger partial charge in [-0.15, -0.1) is 6.58 Å². The Hall–Kier alpha value is -1.10. The van der Waals surface area contributed by atoms with Crippen LogP contribution < -0.4 is 0 Å². The summed E-state index contributed by atoms with van der Waals surface area (Å²) in [4.78, 5) is 0. The number of aliphatic hydroxyl groups excluding tert-OH is 5. The van der Waals surface area contributed by atoms with Crippen LogP contribution in [-0.2, 0) is 9.47 Å². The Labute approximate surface area is 172 Å². The van der Waals surface area contributed by atoms with E-state index in [9.17, 15) is 30.6 Å². The van der Waals surface area contributed by atoms with E-state index >= 15 is 0 Å². The van der Waals surface area contributed by atoms with Crippen LogP contribution in [0.25, 0.3) is 0 Å². The molecule has 8 atom stereocenters. The third-order valence-electron chi connectivity index (χ3n) is 5.06. The molecule has 29 heavy (non-hydrogen) atoms. The van der Waals surface area contributed by atoms with Gasteiger partial charge in [-0.2, -0.15) is 0 Å². The lowest BCUT2D eigenvalue weighted by Crippen LogP contribution is -2.59. The highest BCUT2D eigenvalue weighted by Gasteiger charge is 2.45. The van der Waals surface area contributed by atoms with Crippen molar-refractivity contribution < 1.29 is 40.1 Å². The van der Waals surface area contributed by atoms with Crippen molar-refractivity contribution in [1.82, 2.24) is 0 Å². The van der Waals surface area contributed by atoms with Gasteiger partial charge < -0.3 is 40.1 Å². The molecule has 0 unspecified atom stereocenters. The Morgan fingerprint density at radius 1 is 1.21 bits per heavy atom. The van der Waals surface area contributed by atoms with Crippen LogP contribution >= 0.6 is 0 Å². The number of hydrogen-bond acceptors (Lipinski definition) is 8. The van der Waals surface area contributed by atoms with Crippen molar-refractivity contribution >= 4 is 0 Å². The summed E-state index contributed by atoms with van der Waals surface area (Å²) in [5.74, 6) is 0. The smallest absolute Gasteiger partial charge is 0.187 e. The molecule has 0 spiro atoms. The molecule has 1 fully saturated rings. The van der Waals surface area contributed by atoms with Crippen molar-refractivity contribution in [2.75, 3.05) is 6.61 Å².